The quantitative estimate of drug-likeness (QED) is 0.472. The normalized spacial score (nSPS) is 10.4. The summed E-state index contributed by atoms with van der Waals surface area (Å²) in [6.45, 7) is 2.44. The third-order valence-electron chi connectivity index (χ3n) is 3.81. The van der Waals surface area contributed by atoms with Crippen molar-refractivity contribution in [3.63, 3.8) is 0 Å². The highest BCUT2D eigenvalue weighted by Gasteiger charge is 2.08. The number of methoxy groups -OCH3 is 2. The van der Waals surface area contributed by atoms with Crippen molar-refractivity contribution in [3.8, 4) is 17.2 Å². The fraction of sp³-hybridized carbons (Fsp3) is 0.286. The first-order valence-electron chi connectivity index (χ1n) is 9.12. The highest BCUT2D eigenvalue weighted by molar-refractivity contribution is 5.96. The topological polar surface area (TPSA) is 98.2 Å². The molecule has 0 atom stereocenters. The molecule has 0 aromatic heterocycles. The largest absolute Gasteiger partial charge is 0.494 e. The van der Waals surface area contributed by atoms with Crippen molar-refractivity contribution < 1.29 is 23.8 Å². The van der Waals surface area contributed by atoms with Crippen LogP contribution in [0.4, 0.5) is 0 Å². The van der Waals surface area contributed by atoms with Gasteiger partial charge in [0, 0.05) is 5.56 Å². The van der Waals surface area contributed by atoms with Gasteiger partial charge in [0.25, 0.3) is 11.8 Å². The average Bonchev–Trinajstić information content (AvgIpc) is 2.76. The zero-order chi connectivity index (χ0) is 21.1. The van der Waals surface area contributed by atoms with Gasteiger partial charge >= 0.3 is 0 Å². The van der Waals surface area contributed by atoms with Crippen LogP contribution in [-0.2, 0) is 4.79 Å². The number of rotatable bonds is 10. The molecule has 0 fully saturated rings. The first kappa shape index (κ1) is 21.7. The van der Waals surface area contributed by atoms with Crippen LogP contribution in [0.1, 0.15) is 29.3 Å². The molecule has 2 rings (SSSR count). The van der Waals surface area contributed by atoms with E-state index in [1.165, 1.54) is 13.3 Å². The Bertz CT molecular complexity index is 850. The molecule has 2 aromatic carbocycles. The summed E-state index contributed by atoms with van der Waals surface area (Å²) in [5.74, 6) is 1.05. The predicted molar refractivity (Wildman–Crippen MR) is 110 cm³/mol. The molecule has 0 saturated carbocycles. The second-order valence-electron chi connectivity index (χ2n) is 5.96. The van der Waals surface area contributed by atoms with Crippen molar-refractivity contribution in [1.82, 2.24) is 10.7 Å². The lowest BCUT2D eigenvalue weighted by atomic mass is 10.2. The van der Waals surface area contributed by atoms with E-state index in [9.17, 15) is 9.59 Å². The SMILES string of the molecule is CCCOc1ccc(C(=O)NCC(=O)N/N=C\c2ccc(OC)c(OC)c2)cc1. The van der Waals surface area contributed by atoms with Gasteiger partial charge in [-0.25, -0.2) is 5.43 Å². The van der Waals surface area contributed by atoms with Gasteiger partial charge in [-0.1, -0.05) is 6.92 Å². The van der Waals surface area contributed by atoms with E-state index in [2.05, 4.69) is 15.8 Å². The summed E-state index contributed by atoms with van der Waals surface area (Å²) in [6.07, 6.45) is 2.38. The maximum atomic E-state index is 12.1. The Balaban J connectivity index is 1.80. The average molecular weight is 399 g/mol. The van der Waals surface area contributed by atoms with Gasteiger partial charge in [0.05, 0.1) is 33.6 Å². The number of carbonyl (C=O) groups excluding carboxylic acids is 2. The number of nitrogens with zero attached hydrogens (tertiary/aromatic N) is 1. The Kier molecular flexibility index (Phi) is 8.50. The van der Waals surface area contributed by atoms with Gasteiger partial charge in [-0.15, -0.1) is 0 Å². The summed E-state index contributed by atoms with van der Waals surface area (Å²) in [5.41, 5.74) is 3.52. The molecule has 0 aliphatic heterocycles. The molecule has 2 amide bonds. The van der Waals surface area contributed by atoms with Crippen molar-refractivity contribution in [1.29, 1.82) is 0 Å². The van der Waals surface area contributed by atoms with Crippen LogP contribution in [0.2, 0.25) is 0 Å². The molecule has 0 saturated heterocycles. The van der Waals surface area contributed by atoms with Crippen LogP contribution in [-0.4, -0.2) is 45.4 Å². The van der Waals surface area contributed by atoms with Gasteiger partial charge in [-0.3, -0.25) is 9.59 Å². The van der Waals surface area contributed by atoms with Gasteiger partial charge < -0.3 is 19.5 Å². The van der Waals surface area contributed by atoms with Crippen LogP contribution in [0.5, 0.6) is 17.2 Å². The molecule has 0 heterocycles. The lowest BCUT2D eigenvalue weighted by molar-refractivity contribution is -0.120. The molecule has 0 unspecified atom stereocenters. The third-order valence-corrected chi connectivity index (χ3v) is 3.81. The summed E-state index contributed by atoms with van der Waals surface area (Å²) in [7, 11) is 3.09. The molecule has 29 heavy (non-hydrogen) atoms. The molecular formula is C21H25N3O5. The summed E-state index contributed by atoms with van der Waals surface area (Å²) in [5, 5.41) is 6.42. The minimum atomic E-state index is -0.446. The van der Waals surface area contributed by atoms with E-state index in [4.69, 9.17) is 14.2 Å². The number of hydrogen-bond donors (Lipinski definition) is 2. The van der Waals surface area contributed by atoms with E-state index in [1.807, 2.05) is 6.92 Å². The van der Waals surface area contributed by atoms with Crippen molar-refractivity contribution >= 4 is 18.0 Å². The lowest BCUT2D eigenvalue weighted by Crippen LogP contribution is -2.34. The highest BCUT2D eigenvalue weighted by Crippen LogP contribution is 2.26. The molecule has 0 bridgehead atoms. The number of nitrogens with one attached hydrogen (secondary N) is 2. The lowest BCUT2D eigenvalue weighted by Gasteiger charge is -2.07. The van der Waals surface area contributed by atoms with Gasteiger partial charge in [0.15, 0.2) is 11.5 Å². The van der Waals surface area contributed by atoms with Crippen molar-refractivity contribution in [2.24, 2.45) is 5.10 Å². The molecule has 8 heteroatoms. The molecule has 0 aliphatic rings. The number of carbonyl (C=O) groups is 2. The summed E-state index contributed by atoms with van der Waals surface area (Å²) in [4.78, 5) is 24.0. The van der Waals surface area contributed by atoms with E-state index in [0.29, 0.717) is 29.4 Å². The summed E-state index contributed by atoms with van der Waals surface area (Å²) in [6, 6.07) is 12.0. The summed E-state index contributed by atoms with van der Waals surface area (Å²) >= 11 is 0. The first-order chi connectivity index (χ1) is 14.1. The smallest absolute Gasteiger partial charge is 0.259 e. The van der Waals surface area contributed by atoms with E-state index < -0.39 is 5.91 Å². The minimum absolute atomic E-state index is 0.198. The highest BCUT2D eigenvalue weighted by atomic mass is 16.5. The molecule has 0 radical (unpaired) electrons. The predicted octanol–water partition coefficient (Wildman–Crippen LogP) is 2.37. The molecule has 0 aliphatic carbocycles. The molecule has 154 valence electrons. The van der Waals surface area contributed by atoms with E-state index in [-0.39, 0.29) is 12.5 Å². The van der Waals surface area contributed by atoms with Crippen molar-refractivity contribution in [2.75, 3.05) is 27.4 Å². The van der Waals surface area contributed by atoms with E-state index in [1.54, 1.807) is 49.6 Å². The second-order valence-corrected chi connectivity index (χ2v) is 5.96. The number of ether oxygens (including phenoxy) is 3. The number of hydrogen-bond acceptors (Lipinski definition) is 6. The molecule has 8 nitrogen and oxygen atoms in total. The Morgan fingerprint density at radius 1 is 1.03 bits per heavy atom. The van der Waals surface area contributed by atoms with Crippen molar-refractivity contribution in [2.45, 2.75) is 13.3 Å². The molecule has 2 aromatic rings. The first-order valence-corrected chi connectivity index (χ1v) is 9.12. The number of hydrazone groups is 1. The molecule has 0 spiro atoms. The third kappa shape index (κ3) is 6.84. The zero-order valence-corrected chi connectivity index (χ0v) is 16.7. The number of amides is 2. The van der Waals surface area contributed by atoms with E-state index >= 15 is 0 Å². The fourth-order valence-electron chi connectivity index (χ4n) is 2.34. The van der Waals surface area contributed by atoms with Crippen LogP contribution < -0.4 is 25.0 Å². The van der Waals surface area contributed by atoms with Crippen LogP contribution in [0, 0.1) is 0 Å². The Morgan fingerprint density at radius 3 is 2.41 bits per heavy atom. The van der Waals surface area contributed by atoms with Gasteiger partial charge in [-0.2, -0.15) is 5.10 Å². The van der Waals surface area contributed by atoms with E-state index in [0.717, 1.165) is 12.0 Å². The Morgan fingerprint density at radius 2 is 1.76 bits per heavy atom. The van der Waals surface area contributed by atoms with Gasteiger partial charge in [-0.05, 0) is 54.4 Å². The number of benzene rings is 2. The summed E-state index contributed by atoms with van der Waals surface area (Å²) < 4.78 is 15.8. The van der Waals surface area contributed by atoms with Crippen LogP contribution in [0.3, 0.4) is 0 Å². The minimum Gasteiger partial charge on any atom is -0.494 e. The second kappa shape index (κ2) is 11.3. The Hall–Kier alpha value is -3.55. The Labute approximate surface area is 169 Å². The van der Waals surface area contributed by atoms with Crippen molar-refractivity contribution in [3.05, 3.63) is 53.6 Å². The molecular weight excluding hydrogens is 374 g/mol. The maximum absolute atomic E-state index is 12.1. The molecule has 2 N–H and O–H groups in total. The van der Waals surface area contributed by atoms with Crippen LogP contribution in [0.25, 0.3) is 0 Å². The van der Waals surface area contributed by atoms with Gasteiger partial charge in [0.2, 0.25) is 0 Å². The monoisotopic (exact) mass is 399 g/mol. The van der Waals surface area contributed by atoms with Crippen LogP contribution in [0.15, 0.2) is 47.6 Å². The zero-order valence-electron chi connectivity index (χ0n) is 16.7. The van der Waals surface area contributed by atoms with Gasteiger partial charge in [0.1, 0.15) is 5.75 Å². The standard InChI is InChI=1S/C21H25N3O5/c1-4-11-29-17-8-6-16(7-9-17)21(26)22-14-20(25)24-23-13-15-5-10-18(27-2)19(12-15)28-3/h5-10,12-13H,4,11,14H2,1-3H3,(H,22,26)(H,24,25)/b23-13-. The fourth-order valence-corrected chi connectivity index (χ4v) is 2.34. The maximum Gasteiger partial charge on any atom is 0.259 e. The van der Waals surface area contributed by atoms with Crippen LogP contribution >= 0.6 is 0 Å².